The molecule has 1 aliphatic rings. The van der Waals surface area contributed by atoms with Gasteiger partial charge in [-0.15, -0.1) is 11.8 Å². The average molecular weight is 372 g/mol. The lowest BCUT2D eigenvalue weighted by Gasteiger charge is -2.36. The number of methoxy groups -OCH3 is 2. The molecule has 3 rings (SSSR count). The molecule has 1 aliphatic heterocycles. The number of rotatable bonds is 5. The Hall–Kier alpha value is -2.34. The van der Waals surface area contributed by atoms with Crippen LogP contribution in [0.3, 0.4) is 0 Å². The number of hydrogen-bond donors (Lipinski definition) is 0. The number of thioether (sulfide) groups is 1. The number of carbonyl (C=O) groups is 1. The number of benzene rings is 2. The van der Waals surface area contributed by atoms with Crippen LogP contribution in [0.2, 0.25) is 0 Å². The third-order valence-electron chi connectivity index (χ3n) is 4.62. The van der Waals surface area contributed by atoms with E-state index < -0.39 is 0 Å². The fraction of sp³-hybridized carbons (Fsp3) is 0.350. The minimum absolute atomic E-state index is 0.0276. The summed E-state index contributed by atoms with van der Waals surface area (Å²) in [5.74, 6) is 1.51. The molecule has 5 nitrogen and oxygen atoms in total. The molecule has 0 aromatic heterocycles. The number of amides is 1. The molecule has 2 aromatic carbocycles. The van der Waals surface area contributed by atoms with Gasteiger partial charge in [0.2, 0.25) is 0 Å². The summed E-state index contributed by atoms with van der Waals surface area (Å²) >= 11 is 1.63. The molecule has 1 heterocycles. The van der Waals surface area contributed by atoms with E-state index in [0.29, 0.717) is 24.4 Å². The third-order valence-corrected chi connectivity index (χ3v) is 5.35. The molecular weight excluding hydrogens is 348 g/mol. The summed E-state index contributed by atoms with van der Waals surface area (Å²) in [6.45, 7) is 2.96. The third kappa shape index (κ3) is 3.90. The lowest BCUT2D eigenvalue weighted by atomic mass is 10.1. The topological polar surface area (TPSA) is 42.0 Å². The van der Waals surface area contributed by atoms with Crippen LogP contribution in [-0.4, -0.2) is 57.5 Å². The van der Waals surface area contributed by atoms with Crippen LogP contribution in [0.1, 0.15) is 10.4 Å². The van der Waals surface area contributed by atoms with Crippen molar-refractivity contribution >= 4 is 23.4 Å². The SMILES string of the molecule is COc1cccc(N2CCN(C(=O)c3ccc(SC)cc3OC)CC2)c1. The molecule has 0 saturated carbocycles. The smallest absolute Gasteiger partial charge is 0.257 e. The second kappa shape index (κ2) is 8.36. The fourth-order valence-electron chi connectivity index (χ4n) is 3.12. The maximum atomic E-state index is 12.9. The summed E-state index contributed by atoms with van der Waals surface area (Å²) in [5, 5.41) is 0. The summed E-state index contributed by atoms with van der Waals surface area (Å²) in [4.78, 5) is 18.2. The molecule has 0 N–H and O–H groups in total. The van der Waals surface area contributed by atoms with E-state index in [1.54, 1.807) is 26.0 Å². The van der Waals surface area contributed by atoms with Gasteiger partial charge in [0, 0.05) is 42.8 Å². The molecule has 0 unspecified atom stereocenters. The fourth-order valence-corrected chi connectivity index (χ4v) is 3.55. The van der Waals surface area contributed by atoms with Crippen LogP contribution in [0, 0.1) is 0 Å². The van der Waals surface area contributed by atoms with Gasteiger partial charge in [0.25, 0.3) is 5.91 Å². The van der Waals surface area contributed by atoms with Crippen molar-refractivity contribution in [2.75, 3.05) is 51.6 Å². The van der Waals surface area contributed by atoms with Crippen molar-refractivity contribution in [1.82, 2.24) is 4.90 Å². The first-order chi connectivity index (χ1) is 12.7. The first-order valence-electron chi connectivity index (χ1n) is 8.56. The first kappa shape index (κ1) is 18.5. The Morgan fingerprint density at radius 2 is 1.77 bits per heavy atom. The van der Waals surface area contributed by atoms with E-state index in [2.05, 4.69) is 11.0 Å². The maximum absolute atomic E-state index is 12.9. The van der Waals surface area contributed by atoms with Gasteiger partial charge in [0.15, 0.2) is 0 Å². The second-order valence-corrected chi connectivity index (χ2v) is 6.93. The lowest BCUT2D eigenvalue weighted by Crippen LogP contribution is -2.48. The van der Waals surface area contributed by atoms with Crippen LogP contribution >= 0.6 is 11.8 Å². The van der Waals surface area contributed by atoms with Gasteiger partial charge in [0.1, 0.15) is 11.5 Å². The molecule has 26 heavy (non-hydrogen) atoms. The molecule has 0 bridgehead atoms. The zero-order valence-corrected chi connectivity index (χ0v) is 16.2. The molecule has 0 spiro atoms. The standard InChI is InChI=1S/C20H24N2O3S/c1-24-16-6-4-5-15(13-16)21-9-11-22(12-10-21)20(23)18-8-7-17(26-3)14-19(18)25-2/h4-8,13-14H,9-12H2,1-3H3. The van der Waals surface area contributed by atoms with Crippen molar-refractivity contribution in [3.05, 3.63) is 48.0 Å². The van der Waals surface area contributed by atoms with E-state index in [1.807, 2.05) is 47.6 Å². The predicted octanol–water partition coefficient (Wildman–Crippen LogP) is 3.39. The summed E-state index contributed by atoms with van der Waals surface area (Å²) in [6, 6.07) is 13.8. The van der Waals surface area contributed by atoms with E-state index in [9.17, 15) is 4.79 Å². The van der Waals surface area contributed by atoms with Gasteiger partial charge in [-0.2, -0.15) is 0 Å². The van der Waals surface area contributed by atoms with Crippen LogP contribution in [0.25, 0.3) is 0 Å². The van der Waals surface area contributed by atoms with Crippen molar-refractivity contribution in [2.24, 2.45) is 0 Å². The summed E-state index contributed by atoms with van der Waals surface area (Å²) in [5.41, 5.74) is 1.75. The van der Waals surface area contributed by atoms with Crippen LogP contribution < -0.4 is 14.4 Å². The lowest BCUT2D eigenvalue weighted by molar-refractivity contribution is 0.0743. The number of hydrogen-bond acceptors (Lipinski definition) is 5. The van der Waals surface area contributed by atoms with Crippen molar-refractivity contribution in [2.45, 2.75) is 4.90 Å². The molecule has 2 aromatic rings. The van der Waals surface area contributed by atoms with E-state index in [1.165, 1.54) is 0 Å². The van der Waals surface area contributed by atoms with E-state index in [4.69, 9.17) is 9.47 Å². The van der Waals surface area contributed by atoms with Crippen molar-refractivity contribution < 1.29 is 14.3 Å². The van der Waals surface area contributed by atoms with E-state index >= 15 is 0 Å². The number of nitrogens with zero attached hydrogens (tertiary/aromatic N) is 2. The van der Waals surface area contributed by atoms with Crippen LogP contribution in [0.4, 0.5) is 5.69 Å². The van der Waals surface area contributed by atoms with Gasteiger partial charge in [-0.1, -0.05) is 6.07 Å². The Labute approximate surface area is 158 Å². The molecule has 0 radical (unpaired) electrons. The van der Waals surface area contributed by atoms with Crippen molar-refractivity contribution in [1.29, 1.82) is 0 Å². The monoisotopic (exact) mass is 372 g/mol. The number of anilines is 1. The number of ether oxygens (including phenoxy) is 2. The molecule has 6 heteroatoms. The van der Waals surface area contributed by atoms with Gasteiger partial charge in [-0.05, 0) is 36.6 Å². The quantitative estimate of drug-likeness (QED) is 0.753. The highest BCUT2D eigenvalue weighted by Crippen LogP contribution is 2.27. The van der Waals surface area contributed by atoms with Gasteiger partial charge >= 0.3 is 0 Å². The van der Waals surface area contributed by atoms with Crippen LogP contribution in [0.5, 0.6) is 11.5 Å². The highest BCUT2D eigenvalue weighted by atomic mass is 32.2. The highest BCUT2D eigenvalue weighted by molar-refractivity contribution is 7.98. The molecule has 0 atom stereocenters. The number of carbonyl (C=O) groups excluding carboxylic acids is 1. The van der Waals surface area contributed by atoms with Gasteiger partial charge < -0.3 is 19.3 Å². The Kier molecular flexibility index (Phi) is 5.93. The van der Waals surface area contributed by atoms with Crippen molar-refractivity contribution in [3.8, 4) is 11.5 Å². The van der Waals surface area contributed by atoms with Gasteiger partial charge in [-0.3, -0.25) is 4.79 Å². The second-order valence-electron chi connectivity index (χ2n) is 6.05. The zero-order valence-electron chi connectivity index (χ0n) is 15.4. The molecule has 1 fully saturated rings. The summed E-state index contributed by atoms with van der Waals surface area (Å²) in [6.07, 6.45) is 2.01. The minimum Gasteiger partial charge on any atom is -0.497 e. The molecule has 0 aliphatic carbocycles. The zero-order chi connectivity index (χ0) is 18.5. The van der Waals surface area contributed by atoms with Crippen LogP contribution in [-0.2, 0) is 0 Å². The van der Waals surface area contributed by atoms with Gasteiger partial charge in [0.05, 0.1) is 19.8 Å². The largest absolute Gasteiger partial charge is 0.497 e. The first-order valence-corrected chi connectivity index (χ1v) is 9.79. The molecule has 138 valence electrons. The Morgan fingerprint density at radius 3 is 2.42 bits per heavy atom. The van der Waals surface area contributed by atoms with Gasteiger partial charge in [-0.25, -0.2) is 0 Å². The Balaban J connectivity index is 1.68. The Bertz CT molecular complexity index is 773. The number of piperazine rings is 1. The summed E-state index contributed by atoms with van der Waals surface area (Å²) < 4.78 is 10.7. The normalized spacial score (nSPS) is 14.3. The summed E-state index contributed by atoms with van der Waals surface area (Å²) in [7, 11) is 3.28. The maximum Gasteiger partial charge on any atom is 0.257 e. The van der Waals surface area contributed by atoms with E-state index in [0.717, 1.165) is 29.4 Å². The predicted molar refractivity (Wildman–Crippen MR) is 106 cm³/mol. The molecule has 1 amide bonds. The minimum atomic E-state index is 0.0276. The van der Waals surface area contributed by atoms with Crippen LogP contribution in [0.15, 0.2) is 47.4 Å². The molecular formula is C20H24N2O3S. The average Bonchev–Trinajstić information content (AvgIpc) is 2.72. The van der Waals surface area contributed by atoms with Crippen molar-refractivity contribution in [3.63, 3.8) is 0 Å². The Morgan fingerprint density at radius 1 is 1.00 bits per heavy atom. The molecule has 1 saturated heterocycles. The highest BCUT2D eigenvalue weighted by Gasteiger charge is 2.24. The van der Waals surface area contributed by atoms with E-state index in [-0.39, 0.29) is 5.91 Å².